The smallest absolute Gasteiger partial charge is 0.291 e. The molecular formula is C24H27NO4. The third kappa shape index (κ3) is 4.15. The normalized spacial score (nSPS) is 19.3. The van der Waals surface area contributed by atoms with Crippen LogP contribution >= 0.6 is 0 Å². The van der Waals surface area contributed by atoms with Gasteiger partial charge in [0.15, 0.2) is 5.78 Å². The Morgan fingerprint density at radius 2 is 1.66 bits per heavy atom. The summed E-state index contributed by atoms with van der Waals surface area (Å²) in [5, 5.41) is 0. The minimum Gasteiger partial charge on any atom is -0.383 e. The summed E-state index contributed by atoms with van der Waals surface area (Å²) >= 11 is 0. The van der Waals surface area contributed by atoms with E-state index in [0.29, 0.717) is 18.1 Å². The highest BCUT2D eigenvalue weighted by molar-refractivity contribution is 6.44. The number of nitrogens with zero attached hydrogens (tertiary/aromatic N) is 1. The van der Waals surface area contributed by atoms with Gasteiger partial charge < -0.3 is 9.64 Å². The fourth-order valence-electron chi connectivity index (χ4n) is 3.76. The highest BCUT2D eigenvalue weighted by atomic mass is 16.5. The maximum Gasteiger partial charge on any atom is 0.291 e. The second kappa shape index (κ2) is 8.70. The molecule has 1 heterocycles. The first-order valence-electron chi connectivity index (χ1n) is 9.89. The number of hydrogen-bond donors (Lipinski definition) is 0. The van der Waals surface area contributed by atoms with Crippen molar-refractivity contribution in [3.05, 3.63) is 70.8 Å². The number of rotatable bonds is 7. The van der Waals surface area contributed by atoms with E-state index in [-0.39, 0.29) is 12.3 Å². The van der Waals surface area contributed by atoms with E-state index < -0.39 is 23.7 Å². The summed E-state index contributed by atoms with van der Waals surface area (Å²) in [6.07, 6.45) is 0. The highest BCUT2D eigenvalue weighted by Crippen LogP contribution is 2.38. The third-order valence-corrected chi connectivity index (χ3v) is 5.51. The van der Waals surface area contributed by atoms with E-state index in [9.17, 15) is 14.4 Å². The Labute approximate surface area is 171 Å². The van der Waals surface area contributed by atoms with Crippen LogP contribution in [0.2, 0.25) is 0 Å². The number of amides is 1. The van der Waals surface area contributed by atoms with Crippen LogP contribution in [0, 0.1) is 12.8 Å². The molecule has 29 heavy (non-hydrogen) atoms. The average Bonchev–Trinajstić information content (AvgIpc) is 2.97. The molecular weight excluding hydrogens is 366 g/mol. The predicted octanol–water partition coefficient (Wildman–Crippen LogP) is 3.72. The van der Waals surface area contributed by atoms with Crippen LogP contribution in [-0.4, -0.2) is 42.6 Å². The standard InChI is InChI=1S/C24H27NO4/c1-15(2)17-9-11-18(12-10-17)21-20(22(26)19-7-5-16(3)6-8-19)23(27)24(28)25(21)13-14-29-4/h5-12,15,20-21H,13-14H2,1-4H3. The number of hydrogen-bond acceptors (Lipinski definition) is 4. The Morgan fingerprint density at radius 1 is 1.03 bits per heavy atom. The Hall–Kier alpha value is -2.79. The molecule has 1 aliphatic heterocycles. The maximum atomic E-state index is 13.3. The molecule has 1 aliphatic rings. The van der Waals surface area contributed by atoms with Crippen LogP contribution in [0.1, 0.15) is 52.9 Å². The van der Waals surface area contributed by atoms with Crippen molar-refractivity contribution in [1.82, 2.24) is 4.90 Å². The van der Waals surface area contributed by atoms with Gasteiger partial charge >= 0.3 is 0 Å². The second-order valence-corrected chi connectivity index (χ2v) is 7.83. The van der Waals surface area contributed by atoms with E-state index in [1.807, 2.05) is 43.3 Å². The van der Waals surface area contributed by atoms with Crippen molar-refractivity contribution in [1.29, 1.82) is 0 Å². The molecule has 2 unspecified atom stereocenters. The number of ketones is 2. The van der Waals surface area contributed by atoms with Gasteiger partial charge in [-0.25, -0.2) is 0 Å². The summed E-state index contributed by atoms with van der Waals surface area (Å²) in [6.45, 7) is 6.70. The summed E-state index contributed by atoms with van der Waals surface area (Å²) in [5.41, 5.74) is 3.42. The number of methoxy groups -OCH3 is 1. The van der Waals surface area contributed by atoms with E-state index in [1.165, 1.54) is 4.90 Å². The Kier molecular flexibility index (Phi) is 6.28. The third-order valence-electron chi connectivity index (χ3n) is 5.51. The molecule has 152 valence electrons. The van der Waals surface area contributed by atoms with Gasteiger partial charge in [0.25, 0.3) is 5.91 Å². The molecule has 2 atom stereocenters. The number of benzene rings is 2. The summed E-state index contributed by atoms with van der Waals surface area (Å²) in [6, 6.07) is 14.3. The van der Waals surface area contributed by atoms with Crippen molar-refractivity contribution in [2.24, 2.45) is 5.92 Å². The van der Waals surface area contributed by atoms with Gasteiger partial charge in [0.05, 0.1) is 12.6 Å². The lowest BCUT2D eigenvalue weighted by molar-refractivity contribution is -0.141. The fraction of sp³-hybridized carbons (Fsp3) is 0.375. The lowest BCUT2D eigenvalue weighted by atomic mass is 9.85. The largest absolute Gasteiger partial charge is 0.383 e. The number of aryl methyl sites for hydroxylation is 1. The van der Waals surface area contributed by atoms with Gasteiger partial charge in [0, 0.05) is 19.2 Å². The zero-order chi connectivity index (χ0) is 21.1. The van der Waals surface area contributed by atoms with Gasteiger partial charge in [0.2, 0.25) is 5.78 Å². The maximum absolute atomic E-state index is 13.3. The van der Waals surface area contributed by atoms with Crippen molar-refractivity contribution in [2.45, 2.75) is 32.7 Å². The fourth-order valence-corrected chi connectivity index (χ4v) is 3.76. The predicted molar refractivity (Wildman–Crippen MR) is 111 cm³/mol. The van der Waals surface area contributed by atoms with Crippen LogP contribution in [0.4, 0.5) is 0 Å². The molecule has 0 spiro atoms. The summed E-state index contributed by atoms with van der Waals surface area (Å²) in [7, 11) is 1.55. The zero-order valence-electron chi connectivity index (χ0n) is 17.3. The number of likely N-dealkylation sites (tertiary alicyclic amines) is 1. The van der Waals surface area contributed by atoms with Crippen molar-refractivity contribution in [3.8, 4) is 0 Å². The minimum atomic E-state index is -1.05. The molecule has 0 aliphatic carbocycles. The second-order valence-electron chi connectivity index (χ2n) is 7.83. The van der Waals surface area contributed by atoms with Gasteiger partial charge in [-0.1, -0.05) is 67.9 Å². The molecule has 0 bridgehead atoms. The minimum absolute atomic E-state index is 0.259. The van der Waals surface area contributed by atoms with Crippen LogP contribution in [0.3, 0.4) is 0 Å². The molecule has 0 aromatic heterocycles. The molecule has 1 fully saturated rings. The topological polar surface area (TPSA) is 63.7 Å². The van der Waals surface area contributed by atoms with Gasteiger partial charge in [0.1, 0.15) is 5.92 Å². The van der Waals surface area contributed by atoms with Crippen molar-refractivity contribution in [3.63, 3.8) is 0 Å². The molecule has 1 amide bonds. The van der Waals surface area contributed by atoms with Gasteiger partial charge in [-0.2, -0.15) is 0 Å². The van der Waals surface area contributed by atoms with E-state index in [2.05, 4.69) is 13.8 Å². The van der Waals surface area contributed by atoms with Gasteiger partial charge in [-0.3, -0.25) is 14.4 Å². The van der Waals surface area contributed by atoms with Crippen LogP contribution in [-0.2, 0) is 14.3 Å². The first kappa shape index (κ1) is 20.9. The lowest BCUT2D eigenvalue weighted by Gasteiger charge is -2.27. The highest BCUT2D eigenvalue weighted by Gasteiger charge is 2.51. The van der Waals surface area contributed by atoms with Crippen molar-refractivity contribution in [2.75, 3.05) is 20.3 Å². The van der Waals surface area contributed by atoms with Crippen LogP contribution in [0.25, 0.3) is 0 Å². The Morgan fingerprint density at radius 3 is 2.21 bits per heavy atom. The summed E-state index contributed by atoms with van der Waals surface area (Å²) in [4.78, 5) is 40.3. The molecule has 3 rings (SSSR count). The zero-order valence-corrected chi connectivity index (χ0v) is 17.3. The molecule has 5 nitrogen and oxygen atoms in total. The molecule has 2 aromatic rings. The molecule has 0 saturated carbocycles. The quantitative estimate of drug-likeness (QED) is 0.409. The average molecular weight is 393 g/mol. The van der Waals surface area contributed by atoms with E-state index in [0.717, 1.165) is 16.7 Å². The number of ether oxygens (including phenoxy) is 1. The SMILES string of the molecule is COCCN1C(=O)C(=O)C(C(=O)c2ccc(C)cc2)C1c1ccc(C(C)C)cc1. The monoisotopic (exact) mass is 393 g/mol. The summed E-state index contributed by atoms with van der Waals surface area (Å²) < 4.78 is 5.13. The molecule has 0 radical (unpaired) electrons. The molecule has 1 saturated heterocycles. The first-order chi connectivity index (χ1) is 13.8. The van der Waals surface area contributed by atoms with Gasteiger partial charge in [-0.15, -0.1) is 0 Å². The molecule has 5 heteroatoms. The Bertz CT molecular complexity index is 899. The first-order valence-corrected chi connectivity index (χ1v) is 9.89. The van der Waals surface area contributed by atoms with Crippen LogP contribution in [0.5, 0.6) is 0 Å². The molecule has 2 aromatic carbocycles. The number of carbonyl (C=O) groups excluding carboxylic acids is 3. The van der Waals surface area contributed by atoms with Gasteiger partial charge in [-0.05, 0) is 24.0 Å². The van der Waals surface area contributed by atoms with E-state index in [1.54, 1.807) is 19.2 Å². The van der Waals surface area contributed by atoms with E-state index in [4.69, 9.17) is 4.74 Å². The van der Waals surface area contributed by atoms with Crippen molar-refractivity contribution >= 4 is 17.5 Å². The van der Waals surface area contributed by atoms with Crippen LogP contribution < -0.4 is 0 Å². The number of carbonyl (C=O) groups is 3. The summed E-state index contributed by atoms with van der Waals surface area (Å²) in [5.74, 6) is -2.27. The Balaban J connectivity index is 2.03. The van der Waals surface area contributed by atoms with Crippen LogP contribution in [0.15, 0.2) is 48.5 Å². The lowest BCUT2D eigenvalue weighted by Crippen LogP contribution is -2.33. The molecule has 0 N–H and O–H groups in total. The van der Waals surface area contributed by atoms with Crippen molar-refractivity contribution < 1.29 is 19.1 Å². The van der Waals surface area contributed by atoms with E-state index >= 15 is 0 Å². The number of Topliss-reactive ketones (excluding diaryl/α,β-unsaturated/α-hetero) is 2.